The Morgan fingerprint density at radius 3 is 2.88 bits per heavy atom. The number of carbonyl (C=O) groups is 2. The Morgan fingerprint density at radius 1 is 1.46 bits per heavy atom. The molecule has 1 aliphatic heterocycles. The van der Waals surface area contributed by atoms with E-state index >= 15 is 0 Å². The average molecular weight is 371 g/mol. The minimum absolute atomic E-state index is 0. The summed E-state index contributed by atoms with van der Waals surface area (Å²) < 4.78 is 13.8. The molecule has 1 aromatic carbocycles. The zero-order valence-corrected chi connectivity index (χ0v) is 14.2. The van der Waals surface area contributed by atoms with Gasteiger partial charge in [-0.3, -0.25) is 9.59 Å². The van der Waals surface area contributed by atoms with Crippen LogP contribution >= 0.6 is 23.7 Å². The lowest BCUT2D eigenvalue weighted by atomic mass is 10.2. The highest BCUT2D eigenvalue weighted by Gasteiger charge is 2.35. The van der Waals surface area contributed by atoms with E-state index in [-0.39, 0.29) is 36.2 Å². The second-order valence-corrected chi connectivity index (χ2v) is 6.03. The maximum atomic E-state index is 13.8. The van der Waals surface area contributed by atoms with Gasteiger partial charge in [0.2, 0.25) is 5.91 Å². The van der Waals surface area contributed by atoms with E-state index in [2.05, 4.69) is 10.3 Å². The fourth-order valence-corrected chi connectivity index (χ4v) is 3.12. The number of rotatable bonds is 4. The van der Waals surface area contributed by atoms with Crippen molar-refractivity contribution >= 4 is 41.2 Å². The van der Waals surface area contributed by atoms with Crippen LogP contribution in [-0.2, 0) is 11.3 Å². The van der Waals surface area contributed by atoms with Gasteiger partial charge in [-0.05, 0) is 18.6 Å². The van der Waals surface area contributed by atoms with Gasteiger partial charge in [0.1, 0.15) is 22.6 Å². The Balaban J connectivity index is 0.00000208. The van der Waals surface area contributed by atoms with Crippen LogP contribution < -0.4 is 16.0 Å². The number of halogens is 2. The van der Waals surface area contributed by atoms with E-state index in [1.807, 2.05) is 0 Å². The van der Waals surface area contributed by atoms with Crippen LogP contribution in [0.4, 0.5) is 10.1 Å². The number of para-hydroxylation sites is 1. The molecule has 2 amide bonds. The summed E-state index contributed by atoms with van der Waals surface area (Å²) in [6.45, 7) is 0.622. The molecule has 0 saturated carbocycles. The van der Waals surface area contributed by atoms with Crippen LogP contribution in [0.1, 0.15) is 21.9 Å². The monoisotopic (exact) mass is 370 g/mol. The summed E-state index contributed by atoms with van der Waals surface area (Å²) in [6, 6.07) is 5.41. The molecule has 3 rings (SSSR count). The van der Waals surface area contributed by atoms with Gasteiger partial charge in [0, 0.05) is 18.5 Å². The number of amides is 2. The van der Waals surface area contributed by atoms with E-state index in [9.17, 15) is 14.0 Å². The first kappa shape index (κ1) is 18.3. The van der Waals surface area contributed by atoms with E-state index in [0.717, 1.165) is 0 Å². The van der Waals surface area contributed by atoms with Crippen molar-refractivity contribution in [3.8, 4) is 0 Å². The third-order valence-electron chi connectivity index (χ3n) is 3.61. The first-order valence-corrected chi connectivity index (χ1v) is 7.99. The van der Waals surface area contributed by atoms with Gasteiger partial charge in [-0.15, -0.1) is 23.7 Å². The van der Waals surface area contributed by atoms with Crippen molar-refractivity contribution in [1.82, 2.24) is 10.3 Å². The molecular weight excluding hydrogens is 355 g/mol. The summed E-state index contributed by atoms with van der Waals surface area (Å²) >= 11 is 1.29. The number of anilines is 1. The number of hydrogen-bond acceptors (Lipinski definition) is 5. The predicted molar refractivity (Wildman–Crippen MR) is 91.9 cm³/mol. The second-order valence-electron chi connectivity index (χ2n) is 5.09. The van der Waals surface area contributed by atoms with Gasteiger partial charge in [-0.25, -0.2) is 9.37 Å². The van der Waals surface area contributed by atoms with E-state index in [4.69, 9.17) is 5.73 Å². The van der Waals surface area contributed by atoms with Crippen LogP contribution in [-0.4, -0.2) is 29.4 Å². The highest BCUT2D eigenvalue weighted by atomic mass is 35.5. The van der Waals surface area contributed by atoms with Crippen molar-refractivity contribution in [2.75, 3.05) is 11.4 Å². The molecule has 128 valence electrons. The molecule has 1 atom stereocenters. The number of nitrogens with one attached hydrogen (secondary N) is 1. The number of carbonyl (C=O) groups excluding carboxylic acids is 2. The Hall–Kier alpha value is -2.03. The summed E-state index contributed by atoms with van der Waals surface area (Å²) in [5.74, 6) is -1.20. The molecule has 0 bridgehead atoms. The summed E-state index contributed by atoms with van der Waals surface area (Å²) in [5.41, 5.74) is 5.94. The first-order chi connectivity index (χ1) is 11.1. The van der Waals surface area contributed by atoms with Crippen molar-refractivity contribution in [2.45, 2.75) is 19.0 Å². The lowest BCUT2D eigenvalue weighted by Gasteiger charge is -2.17. The molecule has 1 aromatic heterocycles. The molecule has 0 radical (unpaired) electrons. The normalized spacial score (nSPS) is 16.8. The minimum Gasteiger partial charge on any atom is -0.339 e. The van der Waals surface area contributed by atoms with Crippen LogP contribution in [0.25, 0.3) is 0 Å². The molecule has 2 heterocycles. The fourth-order valence-electron chi connectivity index (χ4n) is 2.46. The van der Waals surface area contributed by atoms with Gasteiger partial charge in [-0.2, -0.15) is 0 Å². The molecular formula is C15H16ClFN4O2S. The van der Waals surface area contributed by atoms with Gasteiger partial charge in [0.15, 0.2) is 0 Å². The minimum atomic E-state index is -0.676. The standard InChI is InChI=1S/C15H15FN4O2S.ClH/c16-9-3-1-2-4-12(9)20-6-5-10(15(20)22)19-14(21)11-8-23-13(7-17)18-11;/h1-4,8,10H,5-7,17H2,(H,19,21);1H. The van der Waals surface area contributed by atoms with E-state index in [1.165, 1.54) is 22.3 Å². The quantitative estimate of drug-likeness (QED) is 0.857. The first-order valence-electron chi connectivity index (χ1n) is 7.11. The van der Waals surface area contributed by atoms with Gasteiger partial charge >= 0.3 is 0 Å². The Kier molecular flexibility index (Phi) is 5.87. The number of benzene rings is 1. The van der Waals surface area contributed by atoms with Crippen molar-refractivity contribution in [2.24, 2.45) is 5.73 Å². The van der Waals surface area contributed by atoms with Crippen LogP contribution in [0, 0.1) is 5.82 Å². The van der Waals surface area contributed by atoms with E-state index in [0.29, 0.717) is 18.0 Å². The predicted octanol–water partition coefficient (Wildman–Crippen LogP) is 1.70. The van der Waals surface area contributed by atoms with Crippen molar-refractivity contribution in [3.63, 3.8) is 0 Å². The van der Waals surface area contributed by atoms with Gasteiger partial charge in [0.25, 0.3) is 5.91 Å². The third-order valence-corrected chi connectivity index (χ3v) is 4.48. The van der Waals surface area contributed by atoms with E-state index < -0.39 is 17.8 Å². The van der Waals surface area contributed by atoms with E-state index in [1.54, 1.807) is 23.6 Å². The highest BCUT2D eigenvalue weighted by Crippen LogP contribution is 2.24. The van der Waals surface area contributed by atoms with Crippen molar-refractivity contribution < 1.29 is 14.0 Å². The van der Waals surface area contributed by atoms with Crippen LogP contribution in [0.15, 0.2) is 29.6 Å². The Labute approximate surface area is 148 Å². The van der Waals surface area contributed by atoms with Crippen molar-refractivity contribution in [3.05, 3.63) is 46.2 Å². The molecule has 3 N–H and O–H groups in total. The zero-order valence-electron chi connectivity index (χ0n) is 12.6. The number of nitrogens with zero attached hydrogens (tertiary/aromatic N) is 2. The van der Waals surface area contributed by atoms with Gasteiger partial charge in [-0.1, -0.05) is 12.1 Å². The molecule has 1 fully saturated rings. The molecule has 1 unspecified atom stereocenters. The zero-order chi connectivity index (χ0) is 16.4. The molecule has 1 saturated heterocycles. The van der Waals surface area contributed by atoms with Crippen LogP contribution in [0.3, 0.4) is 0 Å². The summed E-state index contributed by atoms with van der Waals surface area (Å²) in [4.78, 5) is 30.0. The fraction of sp³-hybridized carbons (Fsp3) is 0.267. The Bertz CT molecular complexity index is 755. The molecule has 6 nitrogen and oxygen atoms in total. The number of thiazole rings is 1. The highest BCUT2D eigenvalue weighted by molar-refractivity contribution is 7.09. The average Bonchev–Trinajstić information content (AvgIpc) is 3.16. The largest absolute Gasteiger partial charge is 0.339 e. The molecule has 24 heavy (non-hydrogen) atoms. The summed E-state index contributed by atoms with van der Waals surface area (Å²) in [5, 5.41) is 4.91. The third kappa shape index (κ3) is 3.55. The number of nitrogens with two attached hydrogens (primary N) is 1. The number of aromatic nitrogens is 1. The lowest BCUT2D eigenvalue weighted by Crippen LogP contribution is -2.41. The summed E-state index contributed by atoms with van der Waals surface area (Å²) in [7, 11) is 0. The van der Waals surface area contributed by atoms with Gasteiger partial charge in [0.05, 0.1) is 5.69 Å². The number of hydrogen-bond donors (Lipinski definition) is 2. The summed E-state index contributed by atoms with van der Waals surface area (Å²) in [6.07, 6.45) is 0.423. The molecule has 2 aromatic rings. The molecule has 0 aliphatic carbocycles. The molecule has 1 aliphatic rings. The van der Waals surface area contributed by atoms with Crippen molar-refractivity contribution in [1.29, 1.82) is 0 Å². The molecule has 0 spiro atoms. The van der Waals surface area contributed by atoms with Gasteiger partial charge < -0.3 is 16.0 Å². The van der Waals surface area contributed by atoms with Crippen LogP contribution in [0.2, 0.25) is 0 Å². The topological polar surface area (TPSA) is 88.3 Å². The smallest absolute Gasteiger partial charge is 0.271 e. The second kappa shape index (κ2) is 7.69. The molecule has 9 heteroatoms. The Morgan fingerprint density at radius 2 is 2.21 bits per heavy atom. The maximum Gasteiger partial charge on any atom is 0.271 e. The SMILES string of the molecule is Cl.NCc1nc(C(=O)NC2CCN(c3ccccc3F)C2=O)cs1. The maximum absolute atomic E-state index is 13.8. The lowest BCUT2D eigenvalue weighted by molar-refractivity contribution is -0.118. The van der Waals surface area contributed by atoms with Crippen LogP contribution in [0.5, 0.6) is 0 Å².